The van der Waals surface area contributed by atoms with Crippen molar-refractivity contribution in [2.75, 3.05) is 13.2 Å². The lowest BCUT2D eigenvalue weighted by atomic mass is 9.74. The van der Waals surface area contributed by atoms with Gasteiger partial charge in [-0.3, -0.25) is 4.98 Å². The monoisotopic (exact) mass is 341 g/mol. The molecule has 0 N–H and O–H groups in total. The minimum atomic E-state index is -0.337. The van der Waals surface area contributed by atoms with Gasteiger partial charge in [-0.05, 0) is 42.7 Å². The summed E-state index contributed by atoms with van der Waals surface area (Å²) in [4.78, 5) is 4.11. The van der Waals surface area contributed by atoms with Gasteiger partial charge in [0.25, 0.3) is 0 Å². The highest BCUT2D eigenvalue weighted by Crippen LogP contribution is 2.41. The topological polar surface area (TPSA) is 61.0 Å². The largest absolute Gasteiger partial charge is 0.420 e. The number of aromatic nitrogens is 3. The highest BCUT2D eigenvalue weighted by atomic mass is 35.5. The van der Waals surface area contributed by atoms with E-state index in [9.17, 15) is 0 Å². The molecule has 0 amide bonds. The van der Waals surface area contributed by atoms with Crippen LogP contribution in [0.4, 0.5) is 0 Å². The van der Waals surface area contributed by atoms with Gasteiger partial charge in [0.15, 0.2) is 0 Å². The zero-order valence-corrected chi connectivity index (χ0v) is 13.7. The first-order chi connectivity index (χ1) is 11.8. The molecule has 1 aliphatic heterocycles. The van der Waals surface area contributed by atoms with Crippen molar-refractivity contribution in [1.29, 1.82) is 0 Å². The molecule has 0 spiro atoms. The number of hydrogen-bond donors (Lipinski definition) is 0. The molecule has 0 atom stereocenters. The summed E-state index contributed by atoms with van der Waals surface area (Å²) in [5.74, 6) is 1.10. The van der Waals surface area contributed by atoms with Crippen LogP contribution < -0.4 is 0 Å². The van der Waals surface area contributed by atoms with Gasteiger partial charge in [0.1, 0.15) is 0 Å². The second kappa shape index (κ2) is 6.34. The molecule has 6 heteroatoms. The maximum Gasteiger partial charge on any atom is 0.249 e. The number of halogens is 1. The minimum absolute atomic E-state index is 0.337. The standard InChI is InChI=1S/C18H16ClN3O2/c19-15-5-3-14(4-6-15)18(7-10-23-11-8-18)17-22-21-16(24-17)13-2-1-9-20-12-13/h1-6,9,12H,7-8,10-11H2. The SMILES string of the molecule is Clc1ccc(C2(c3nnc(-c4cccnc4)o3)CCOCC2)cc1. The summed E-state index contributed by atoms with van der Waals surface area (Å²) in [5, 5.41) is 9.29. The Kier molecular flexibility index (Phi) is 4.04. The van der Waals surface area contributed by atoms with E-state index in [1.165, 1.54) is 0 Å². The van der Waals surface area contributed by atoms with E-state index in [1.54, 1.807) is 12.4 Å². The number of rotatable bonds is 3. The summed E-state index contributed by atoms with van der Waals surface area (Å²) < 4.78 is 11.6. The van der Waals surface area contributed by atoms with Gasteiger partial charge in [-0.1, -0.05) is 23.7 Å². The normalized spacial score (nSPS) is 16.9. The van der Waals surface area contributed by atoms with Crippen molar-refractivity contribution in [1.82, 2.24) is 15.2 Å². The van der Waals surface area contributed by atoms with Gasteiger partial charge in [0.05, 0.1) is 11.0 Å². The van der Waals surface area contributed by atoms with Gasteiger partial charge in [0, 0.05) is 30.6 Å². The highest BCUT2D eigenvalue weighted by molar-refractivity contribution is 6.30. The number of benzene rings is 1. The molecule has 122 valence electrons. The molecule has 1 saturated heterocycles. The van der Waals surface area contributed by atoms with Crippen LogP contribution in [0.3, 0.4) is 0 Å². The first kappa shape index (κ1) is 15.3. The smallest absolute Gasteiger partial charge is 0.249 e. The minimum Gasteiger partial charge on any atom is -0.420 e. The molecule has 3 heterocycles. The summed E-state index contributed by atoms with van der Waals surface area (Å²) >= 11 is 6.04. The Morgan fingerprint density at radius 1 is 1.00 bits per heavy atom. The van der Waals surface area contributed by atoms with E-state index >= 15 is 0 Å². The van der Waals surface area contributed by atoms with E-state index in [-0.39, 0.29) is 5.41 Å². The van der Waals surface area contributed by atoms with Crippen LogP contribution in [0.5, 0.6) is 0 Å². The van der Waals surface area contributed by atoms with Crippen LogP contribution in [0.15, 0.2) is 53.2 Å². The average Bonchev–Trinajstić information content (AvgIpc) is 3.14. The molecule has 0 saturated carbocycles. The first-order valence-corrected chi connectivity index (χ1v) is 8.24. The van der Waals surface area contributed by atoms with Crippen LogP contribution in [-0.4, -0.2) is 28.4 Å². The third-order valence-corrected chi connectivity index (χ3v) is 4.74. The fourth-order valence-corrected chi connectivity index (χ4v) is 3.26. The Morgan fingerprint density at radius 3 is 2.50 bits per heavy atom. The van der Waals surface area contributed by atoms with Crippen LogP contribution in [-0.2, 0) is 10.2 Å². The van der Waals surface area contributed by atoms with Gasteiger partial charge in [-0.15, -0.1) is 10.2 Å². The Hall–Kier alpha value is -2.24. The Labute approximate surface area is 144 Å². The molecule has 5 nitrogen and oxygen atoms in total. The third kappa shape index (κ3) is 2.70. The summed E-state index contributed by atoms with van der Waals surface area (Å²) in [6.45, 7) is 1.32. The van der Waals surface area contributed by atoms with Crippen molar-refractivity contribution in [3.63, 3.8) is 0 Å². The van der Waals surface area contributed by atoms with E-state index in [2.05, 4.69) is 15.2 Å². The third-order valence-electron chi connectivity index (χ3n) is 4.49. The van der Waals surface area contributed by atoms with Crippen LogP contribution in [0.25, 0.3) is 11.5 Å². The van der Waals surface area contributed by atoms with E-state index in [0.29, 0.717) is 30.0 Å². The lowest BCUT2D eigenvalue weighted by molar-refractivity contribution is 0.0546. The molecular weight excluding hydrogens is 326 g/mol. The number of pyridine rings is 1. The van der Waals surface area contributed by atoms with Crippen molar-refractivity contribution in [3.05, 3.63) is 65.3 Å². The summed E-state index contributed by atoms with van der Waals surface area (Å²) in [5.41, 5.74) is 1.60. The second-order valence-electron chi connectivity index (χ2n) is 5.86. The van der Waals surface area contributed by atoms with Crippen molar-refractivity contribution >= 4 is 11.6 Å². The summed E-state index contributed by atoms with van der Waals surface area (Å²) in [6, 6.07) is 11.6. The maximum atomic E-state index is 6.05. The van der Waals surface area contributed by atoms with Crippen molar-refractivity contribution in [2.45, 2.75) is 18.3 Å². The number of hydrogen-bond acceptors (Lipinski definition) is 5. The van der Waals surface area contributed by atoms with Crippen LogP contribution in [0, 0.1) is 0 Å². The fraction of sp³-hybridized carbons (Fsp3) is 0.278. The van der Waals surface area contributed by atoms with Crippen molar-refractivity contribution in [3.8, 4) is 11.5 Å². The van der Waals surface area contributed by atoms with Gasteiger partial charge >= 0.3 is 0 Å². The molecule has 0 unspecified atom stereocenters. The molecule has 2 aromatic heterocycles. The van der Waals surface area contributed by atoms with Crippen molar-refractivity contribution in [2.24, 2.45) is 0 Å². The molecule has 24 heavy (non-hydrogen) atoms. The predicted octanol–water partition coefficient (Wildman–Crippen LogP) is 3.88. The molecule has 4 rings (SSSR count). The Bertz CT molecular complexity index is 812. The lowest BCUT2D eigenvalue weighted by Gasteiger charge is -2.34. The van der Waals surface area contributed by atoms with Crippen LogP contribution >= 0.6 is 11.6 Å². The lowest BCUT2D eigenvalue weighted by Crippen LogP contribution is -2.35. The molecule has 3 aromatic rings. The molecular formula is C18H16ClN3O2. The Balaban J connectivity index is 1.77. The van der Waals surface area contributed by atoms with Crippen LogP contribution in [0.2, 0.25) is 5.02 Å². The zero-order valence-electron chi connectivity index (χ0n) is 13.0. The van der Waals surface area contributed by atoms with Crippen molar-refractivity contribution < 1.29 is 9.15 Å². The van der Waals surface area contributed by atoms with E-state index in [0.717, 1.165) is 24.0 Å². The zero-order chi connectivity index (χ0) is 16.4. The highest BCUT2D eigenvalue weighted by Gasteiger charge is 2.41. The summed E-state index contributed by atoms with van der Waals surface area (Å²) in [6.07, 6.45) is 5.03. The fourth-order valence-electron chi connectivity index (χ4n) is 3.14. The molecule has 0 bridgehead atoms. The second-order valence-corrected chi connectivity index (χ2v) is 6.29. The summed E-state index contributed by atoms with van der Waals surface area (Å²) in [7, 11) is 0. The number of nitrogens with zero attached hydrogens (tertiary/aromatic N) is 3. The maximum absolute atomic E-state index is 6.05. The molecule has 1 fully saturated rings. The molecule has 1 aromatic carbocycles. The quantitative estimate of drug-likeness (QED) is 0.723. The van der Waals surface area contributed by atoms with Gasteiger partial charge in [-0.2, -0.15) is 0 Å². The van der Waals surface area contributed by atoms with Gasteiger partial charge in [0.2, 0.25) is 11.8 Å². The van der Waals surface area contributed by atoms with Crippen LogP contribution in [0.1, 0.15) is 24.3 Å². The Morgan fingerprint density at radius 2 is 1.79 bits per heavy atom. The predicted molar refractivity (Wildman–Crippen MR) is 89.8 cm³/mol. The van der Waals surface area contributed by atoms with E-state index < -0.39 is 0 Å². The van der Waals surface area contributed by atoms with Gasteiger partial charge < -0.3 is 9.15 Å². The van der Waals surface area contributed by atoms with Gasteiger partial charge in [-0.25, -0.2) is 0 Å². The molecule has 0 aliphatic carbocycles. The van der Waals surface area contributed by atoms with E-state index in [4.69, 9.17) is 20.8 Å². The first-order valence-electron chi connectivity index (χ1n) is 7.86. The molecule has 0 radical (unpaired) electrons. The average molecular weight is 342 g/mol. The molecule has 1 aliphatic rings. The number of ether oxygens (including phenoxy) is 1. The van der Waals surface area contributed by atoms with E-state index in [1.807, 2.05) is 36.4 Å².